The van der Waals surface area contributed by atoms with Crippen LogP contribution in [-0.4, -0.2) is 80.6 Å². The number of nitrogens with zero attached hydrogens (tertiary/aromatic N) is 3. The summed E-state index contributed by atoms with van der Waals surface area (Å²) in [4.78, 5) is 26.3. The number of rotatable bonds is 19. The number of aromatic nitrogens is 3. The lowest BCUT2D eigenvalue weighted by Gasteiger charge is -2.23. The van der Waals surface area contributed by atoms with Crippen molar-refractivity contribution >= 4 is 29.4 Å². The summed E-state index contributed by atoms with van der Waals surface area (Å²) in [6.07, 6.45) is 6.09. The molecule has 45 heavy (non-hydrogen) atoms. The van der Waals surface area contributed by atoms with E-state index in [0.29, 0.717) is 81.4 Å². The van der Waals surface area contributed by atoms with Gasteiger partial charge in [0, 0.05) is 36.9 Å². The van der Waals surface area contributed by atoms with Crippen LogP contribution in [0.1, 0.15) is 43.2 Å². The fourth-order valence-corrected chi connectivity index (χ4v) is 5.02. The maximum absolute atomic E-state index is 12.4. The minimum absolute atomic E-state index is 0.0713. The number of ether oxygens (including phenoxy) is 4. The van der Waals surface area contributed by atoms with Crippen LogP contribution < -0.4 is 36.5 Å². The highest BCUT2D eigenvalue weighted by Crippen LogP contribution is 2.31. The first-order valence-corrected chi connectivity index (χ1v) is 15.5. The molecule has 2 aromatic carbocycles. The molecule has 0 spiro atoms. The fourth-order valence-electron chi connectivity index (χ4n) is 5.02. The van der Waals surface area contributed by atoms with E-state index in [4.69, 9.17) is 24.7 Å². The lowest BCUT2D eigenvalue weighted by Crippen LogP contribution is -2.29. The maximum Gasteiger partial charge on any atom is 0.233 e. The molecule has 1 fully saturated rings. The first kappa shape index (κ1) is 33.7. The lowest BCUT2D eigenvalue weighted by molar-refractivity contribution is -0.120. The summed E-state index contributed by atoms with van der Waals surface area (Å²) in [5, 5.41) is 13.0. The number of nitrogens with one attached hydrogen (secondary N) is 4. The molecule has 4 rings (SSSR count). The second-order valence-electron chi connectivity index (χ2n) is 10.7. The Kier molecular flexibility index (Phi) is 13.9. The van der Waals surface area contributed by atoms with Crippen molar-refractivity contribution in [2.24, 2.45) is 5.73 Å². The molecule has 244 valence electrons. The van der Waals surface area contributed by atoms with Gasteiger partial charge in [0.2, 0.25) is 23.8 Å². The topological polar surface area (TPSA) is 167 Å². The van der Waals surface area contributed by atoms with E-state index in [0.717, 1.165) is 29.7 Å². The van der Waals surface area contributed by atoms with Crippen LogP contribution >= 0.6 is 0 Å². The molecule has 0 bridgehead atoms. The number of amides is 1. The van der Waals surface area contributed by atoms with Crippen molar-refractivity contribution in [2.75, 3.05) is 69.7 Å². The van der Waals surface area contributed by atoms with Crippen molar-refractivity contribution in [3.05, 3.63) is 53.6 Å². The van der Waals surface area contributed by atoms with Crippen LogP contribution in [0.2, 0.25) is 0 Å². The van der Waals surface area contributed by atoms with Crippen molar-refractivity contribution in [1.29, 1.82) is 0 Å². The Morgan fingerprint density at radius 3 is 2.33 bits per heavy atom. The van der Waals surface area contributed by atoms with Gasteiger partial charge in [-0.05, 0) is 36.6 Å². The fraction of sp³-hybridized carbons (Fsp3) is 0.500. The average molecular weight is 623 g/mol. The van der Waals surface area contributed by atoms with Gasteiger partial charge in [-0.2, -0.15) is 15.0 Å². The van der Waals surface area contributed by atoms with Gasteiger partial charge in [-0.1, -0.05) is 43.5 Å². The molecular weight excluding hydrogens is 576 g/mol. The van der Waals surface area contributed by atoms with E-state index >= 15 is 0 Å². The number of methoxy groups -OCH3 is 2. The molecule has 0 unspecified atom stereocenters. The SMILES string of the molecule is COc1cccc(CNc2nc(Nc3ccc(CC(=O)NCCOCCOCCN)cc3)nc(NC3CCCCC3)n2)c1OC. The third kappa shape index (κ3) is 11.3. The van der Waals surface area contributed by atoms with Crippen molar-refractivity contribution in [3.8, 4) is 11.5 Å². The molecule has 13 heteroatoms. The number of hydrogen-bond donors (Lipinski definition) is 5. The van der Waals surface area contributed by atoms with Crippen LogP contribution in [0.4, 0.5) is 23.5 Å². The molecule has 1 amide bonds. The first-order valence-electron chi connectivity index (χ1n) is 15.5. The van der Waals surface area contributed by atoms with Crippen LogP contribution in [0.25, 0.3) is 0 Å². The Morgan fingerprint density at radius 1 is 0.867 bits per heavy atom. The zero-order valence-corrected chi connectivity index (χ0v) is 26.3. The van der Waals surface area contributed by atoms with Gasteiger partial charge < -0.3 is 45.9 Å². The molecule has 1 aliphatic rings. The molecule has 0 saturated heterocycles. The average Bonchev–Trinajstić information content (AvgIpc) is 3.06. The Hall–Kier alpha value is -4.20. The molecule has 1 aliphatic carbocycles. The summed E-state index contributed by atoms with van der Waals surface area (Å²) < 4.78 is 21.7. The molecule has 13 nitrogen and oxygen atoms in total. The summed E-state index contributed by atoms with van der Waals surface area (Å²) in [5.74, 6) is 2.59. The molecule has 0 radical (unpaired) electrons. The molecule has 1 saturated carbocycles. The second-order valence-corrected chi connectivity index (χ2v) is 10.7. The van der Waals surface area contributed by atoms with Crippen molar-refractivity contribution in [3.63, 3.8) is 0 Å². The molecular formula is C32H46N8O5. The third-order valence-corrected chi connectivity index (χ3v) is 7.27. The predicted octanol–water partition coefficient (Wildman–Crippen LogP) is 3.64. The number of hydrogen-bond acceptors (Lipinski definition) is 12. The van der Waals surface area contributed by atoms with Crippen LogP contribution in [0, 0.1) is 0 Å². The summed E-state index contributed by atoms with van der Waals surface area (Å²) in [5.41, 5.74) is 7.97. The number of para-hydroxylation sites is 1. The largest absolute Gasteiger partial charge is 0.493 e. The smallest absolute Gasteiger partial charge is 0.233 e. The molecule has 0 aliphatic heterocycles. The predicted molar refractivity (Wildman–Crippen MR) is 174 cm³/mol. The first-order chi connectivity index (χ1) is 22.1. The van der Waals surface area contributed by atoms with E-state index in [1.807, 2.05) is 42.5 Å². The minimum Gasteiger partial charge on any atom is -0.493 e. The second kappa shape index (κ2) is 18.6. The molecule has 0 atom stereocenters. The number of anilines is 4. The van der Waals surface area contributed by atoms with E-state index < -0.39 is 0 Å². The quantitative estimate of drug-likeness (QED) is 0.123. The van der Waals surface area contributed by atoms with Gasteiger partial charge in [0.25, 0.3) is 0 Å². The van der Waals surface area contributed by atoms with Gasteiger partial charge in [-0.3, -0.25) is 4.79 Å². The highest BCUT2D eigenvalue weighted by atomic mass is 16.5. The number of benzene rings is 2. The van der Waals surface area contributed by atoms with Gasteiger partial charge in [0.1, 0.15) is 0 Å². The van der Waals surface area contributed by atoms with E-state index in [-0.39, 0.29) is 12.3 Å². The van der Waals surface area contributed by atoms with Gasteiger partial charge in [-0.15, -0.1) is 0 Å². The Morgan fingerprint density at radius 2 is 1.60 bits per heavy atom. The van der Waals surface area contributed by atoms with E-state index in [1.54, 1.807) is 14.2 Å². The molecule has 6 N–H and O–H groups in total. The van der Waals surface area contributed by atoms with E-state index in [1.165, 1.54) is 19.3 Å². The summed E-state index contributed by atoms with van der Waals surface area (Å²) in [6.45, 7) is 3.26. The van der Waals surface area contributed by atoms with Crippen LogP contribution in [-0.2, 0) is 27.2 Å². The molecule has 1 aromatic heterocycles. The lowest BCUT2D eigenvalue weighted by atomic mass is 9.96. The maximum atomic E-state index is 12.4. The zero-order chi connectivity index (χ0) is 31.7. The van der Waals surface area contributed by atoms with Gasteiger partial charge in [0.05, 0.1) is 47.1 Å². The van der Waals surface area contributed by atoms with Gasteiger partial charge in [0.15, 0.2) is 11.5 Å². The third-order valence-electron chi connectivity index (χ3n) is 7.27. The highest BCUT2D eigenvalue weighted by Gasteiger charge is 2.17. The summed E-state index contributed by atoms with van der Waals surface area (Å²) in [6, 6.07) is 13.7. The number of carbonyl (C=O) groups excluding carboxylic acids is 1. The zero-order valence-electron chi connectivity index (χ0n) is 26.3. The normalized spacial score (nSPS) is 13.2. The van der Waals surface area contributed by atoms with Crippen LogP contribution in [0.15, 0.2) is 42.5 Å². The van der Waals surface area contributed by atoms with Gasteiger partial charge >= 0.3 is 0 Å². The number of nitrogens with two attached hydrogens (primary N) is 1. The summed E-state index contributed by atoms with van der Waals surface area (Å²) in [7, 11) is 3.24. The van der Waals surface area contributed by atoms with Crippen molar-refractivity contribution in [1.82, 2.24) is 20.3 Å². The Balaban J connectivity index is 1.35. The van der Waals surface area contributed by atoms with Crippen molar-refractivity contribution in [2.45, 2.75) is 51.1 Å². The Labute approximate surface area is 265 Å². The van der Waals surface area contributed by atoms with Crippen LogP contribution in [0.3, 0.4) is 0 Å². The Bertz CT molecular complexity index is 1320. The highest BCUT2D eigenvalue weighted by molar-refractivity contribution is 5.78. The monoisotopic (exact) mass is 622 g/mol. The minimum atomic E-state index is -0.0713. The van der Waals surface area contributed by atoms with Gasteiger partial charge in [-0.25, -0.2) is 0 Å². The standard InChI is InChI=1S/C32H46N8O5/c1-42-27-10-6-7-24(29(27)43-2)22-35-30-38-31(36-25-8-4-3-5-9-25)40-32(39-30)37-26-13-11-23(12-14-26)21-28(41)34-16-18-45-20-19-44-17-15-33/h6-7,10-14,25H,3-5,8-9,15-22,33H2,1-2H3,(H,34,41)(H3,35,36,37,38,39,40). The summed E-state index contributed by atoms with van der Waals surface area (Å²) >= 11 is 0. The molecule has 1 heterocycles. The van der Waals surface area contributed by atoms with Crippen LogP contribution in [0.5, 0.6) is 11.5 Å². The van der Waals surface area contributed by atoms with Crippen molar-refractivity contribution < 1.29 is 23.7 Å². The molecule has 3 aromatic rings. The van der Waals surface area contributed by atoms with E-state index in [9.17, 15) is 4.79 Å². The number of carbonyl (C=O) groups is 1. The van der Waals surface area contributed by atoms with E-state index in [2.05, 4.69) is 36.2 Å².